The fourth-order valence-electron chi connectivity index (χ4n) is 2.62. The van der Waals surface area contributed by atoms with Gasteiger partial charge < -0.3 is 19.6 Å². The quantitative estimate of drug-likeness (QED) is 0.544. The van der Waals surface area contributed by atoms with Crippen molar-refractivity contribution in [1.29, 1.82) is 0 Å². The number of carbonyl (C=O) groups is 2. The van der Waals surface area contributed by atoms with Crippen molar-refractivity contribution in [1.82, 2.24) is 15.1 Å². The van der Waals surface area contributed by atoms with Gasteiger partial charge in [-0.25, -0.2) is 9.59 Å². The molecule has 0 aliphatic carbocycles. The van der Waals surface area contributed by atoms with Crippen LogP contribution in [-0.2, 0) is 17.5 Å². The number of nitrogens with zero attached hydrogens (tertiary/aromatic N) is 2. The van der Waals surface area contributed by atoms with Crippen molar-refractivity contribution >= 4 is 23.7 Å². The lowest BCUT2D eigenvalue weighted by Crippen LogP contribution is -2.40. The van der Waals surface area contributed by atoms with E-state index < -0.39 is 35.6 Å². The van der Waals surface area contributed by atoms with Crippen LogP contribution in [0.1, 0.15) is 18.1 Å². The van der Waals surface area contributed by atoms with Crippen LogP contribution in [0.2, 0.25) is 5.02 Å². The molecule has 0 saturated carbocycles. The van der Waals surface area contributed by atoms with Crippen LogP contribution in [0.25, 0.3) is 11.5 Å². The molecule has 0 saturated heterocycles. The van der Waals surface area contributed by atoms with Gasteiger partial charge >= 0.3 is 24.0 Å². The Hall–Kier alpha value is -3.80. The summed E-state index contributed by atoms with van der Waals surface area (Å²) in [5, 5.41) is 15.2. The van der Waals surface area contributed by atoms with Gasteiger partial charge in [0.05, 0.1) is 12.1 Å². The molecule has 0 fully saturated rings. The summed E-state index contributed by atoms with van der Waals surface area (Å²) >= 11 is 5.98. The Kier molecular flexibility index (Phi) is 6.77. The molecule has 0 bridgehead atoms. The van der Waals surface area contributed by atoms with Gasteiger partial charge in [0.25, 0.3) is 0 Å². The smallest absolute Gasteiger partial charge is 0.437 e. The number of amides is 1. The van der Waals surface area contributed by atoms with E-state index in [2.05, 4.69) is 10.4 Å². The largest absolute Gasteiger partial charge is 0.480 e. The first-order valence-corrected chi connectivity index (χ1v) is 9.57. The van der Waals surface area contributed by atoms with E-state index in [-0.39, 0.29) is 34.3 Å². The number of ether oxygens (including phenoxy) is 1. The number of benzene rings is 2. The van der Waals surface area contributed by atoms with E-state index in [1.807, 2.05) is 0 Å². The first kappa shape index (κ1) is 23.9. The molecule has 0 spiro atoms. The van der Waals surface area contributed by atoms with Crippen molar-refractivity contribution in [2.24, 2.45) is 0 Å². The van der Waals surface area contributed by atoms with Crippen LogP contribution in [0.3, 0.4) is 0 Å². The molecule has 1 unspecified atom stereocenters. The second kappa shape index (κ2) is 9.36. The number of carboxylic acid groups (broad SMARTS) is 1. The monoisotopic (exact) mass is 485 g/mol. The summed E-state index contributed by atoms with van der Waals surface area (Å²) in [5.41, 5.74) is -0.498. The predicted molar refractivity (Wildman–Crippen MR) is 108 cm³/mol. The molecule has 0 aliphatic rings. The second-order valence-electron chi connectivity index (χ2n) is 6.75. The highest BCUT2D eigenvalue weighted by atomic mass is 35.5. The summed E-state index contributed by atoms with van der Waals surface area (Å²) in [6.45, 7) is 0.977. The molecular formula is C20H15ClF3N3O6. The molecule has 2 N–H and O–H groups in total. The van der Waals surface area contributed by atoms with Gasteiger partial charge in [0.15, 0.2) is 0 Å². The molecule has 13 heteroatoms. The molecule has 0 aliphatic heterocycles. The maximum atomic E-state index is 12.7. The minimum Gasteiger partial charge on any atom is -0.480 e. The number of aliphatic carboxylic acids is 1. The van der Waals surface area contributed by atoms with Gasteiger partial charge in [-0.2, -0.15) is 17.9 Å². The molecule has 2 aromatic carbocycles. The van der Waals surface area contributed by atoms with Crippen molar-refractivity contribution in [2.75, 3.05) is 0 Å². The van der Waals surface area contributed by atoms with Crippen molar-refractivity contribution in [3.63, 3.8) is 0 Å². The Bertz CT molecular complexity index is 1240. The number of aromatic nitrogens is 2. The van der Waals surface area contributed by atoms with Gasteiger partial charge in [0.1, 0.15) is 11.8 Å². The third-order valence-electron chi connectivity index (χ3n) is 4.32. The Labute approximate surface area is 188 Å². The molecule has 174 valence electrons. The predicted octanol–water partition coefficient (Wildman–Crippen LogP) is 3.79. The lowest BCUT2D eigenvalue weighted by atomic mass is 10.1. The SMILES string of the molecule is CC(NC(=O)Oc1ccc(Cl)cc1Cn1nc(-c2ccc(C(F)(F)F)cc2)oc1=O)C(=O)O. The average molecular weight is 486 g/mol. The van der Waals surface area contributed by atoms with E-state index in [9.17, 15) is 27.6 Å². The van der Waals surface area contributed by atoms with E-state index in [1.165, 1.54) is 25.1 Å². The maximum absolute atomic E-state index is 12.7. The molecule has 33 heavy (non-hydrogen) atoms. The zero-order valence-corrected chi connectivity index (χ0v) is 17.5. The molecule has 1 aromatic heterocycles. The summed E-state index contributed by atoms with van der Waals surface area (Å²) < 4.78 is 49.2. The van der Waals surface area contributed by atoms with Crippen LogP contribution in [0.15, 0.2) is 51.7 Å². The zero-order chi connectivity index (χ0) is 24.3. The number of carboxylic acids is 1. The number of nitrogens with one attached hydrogen (secondary N) is 1. The zero-order valence-electron chi connectivity index (χ0n) is 16.7. The first-order chi connectivity index (χ1) is 15.4. The molecule has 3 aromatic rings. The number of alkyl halides is 3. The number of hydrogen-bond donors (Lipinski definition) is 2. The van der Waals surface area contributed by atoms with Crippen LogP contribution >= 0.6 is 11.6 Å². The second-order valence-corrected chi connectivity index (χ2v) is 7.19. The molecular weight excluding hydrogens is 471 g/mol. The fraction of sp³-hybridized carbons (Fsp3) is 0.200. The summed E-state index contributed by atoms with van der Waals surface area (Å²) in [6.07, 6.45) is -5.57. The Balaban J connectivity index is 1.83. The summed E-state index contributed by atoms with van der Waals surface area (Å²) in [5.74, 6) is -2.43. The normalized spacial score (nSPS) is 12.3. The van der Waals surface area contributed by atoms with Gasteiger partial charge in [0.2, 0.25) is 5.89 Å². The first-order valence-electron chi connectivity index (χ1n) is 9.19. The van der Waals surface area contributed by atoms with Gasteiger partial charge in [-0.1, -0.05) is 11.6 Å². The summed E-state index contributed by atoms with van der Waals surface area (Å²) in [4.78, 5) is 35.0. The standard InChI is InChI=1S/C20H15ClF3N3O6/c1-10(17(28)29)25-18(30)32-15-7-6-14(21)8-12(15)9-27-19(31)33-16(26-27)11-2-4-13(5-3-11)20(22,23)24/h2-8,10H,9H2,1H3,(H,25,30)(H,28,29). The van der Waals surface area contributed by atoms with Gasteiger partial charge in [-0.3, -0.25) is 4.79 Å². The van der Waals surface area contributed by atoms with Crippen LogP contribution in [0.4, 0.5) is 18.0 Å². The molecule has 1 heterocycles. The van der Waals surface area contributed by atoms with Crippen molar-refractivity contribution in [3.05, 3.63) is 69.2 Å². The highest BCUT2D eigenvalue weighted by molar-refractivity contribution is 6.30. The van der Waals surface area contributed by atoms with E-state index in [4.69, 9.17) is 25.9 Å². The number of hydrogen-bond acceptors (Lipinski definition) is 6. The third-order valence-corrected chi connectivity index (χ3v) is 4.55. The topological polar surface area (TPSA) is 124 Å². The van der Waals surface area contributed by atoms with Crippen LogP contribution < -0.4 is 15.8 Å². The van der Waals surface area contributed by atoms with E-state index in [0.29, 0.717) is 0 Å². The minimum atomic E-state index is -4.52. The Morgan fingerprint density at radius 3 is 2.52 bits per heavy atom. The van der Waals surface area contributed by atoms with E-state index in [0.717, 1.165) is 28.9 Å². The number of rotatable bonds is 6. The van der Waals surface area contributed by atoms with Gasteiger partial charge in [0, 0.05) is 16.1 Å². The third kappa shape index (κ3) is 5.92. The molecule has 1 atom stereocenters. The Morgan fingerprint density at radius 1 is 1.24 bits per heavy atom. The summed E-state index contributed by atoms with van der Waals surface area (Å²) in [7, 11) is 0. The van der Waals surface area contributed by atoms with E-state index >= 15 is 0 Å². The highest BCUT2D eigenvalue weighted by Gasteiger charge is 2.30. The molecule has 0 radical (unpaired) electrons. The molecule has 9 nitrogen and oxygen atoms in total. The van der Waals surface area contributed by atoms with Crippen molar-refractivity contribution in [2.45, 2.75) is 25.7 Å². The van der Waals surface area contributed by atoms with Crippen LogP contribution in [0, 0.1) is 0 Å². The Morgan fingerprint density at radius 2 is 1.91 bits per heavy atom. The van der Waals surface area contributed by atoms with Crippen molar-refractivity contribution < 1.29 is 37.0 Å². The van der Waals surface area contributed by atoms with Gasteiger partial charge in [-0.05, 0) is 49.4 Å². The molecule has 3 rings (SSSR count). The average Bonchev–Trinajstić information content (AvgIpc) is 3.09. The van der Waals surface area contributed by atoms with Crippen molar-refractivity contribution in [3.8, 4) is 17.2 Å². The van der Waals surface area contributed by atoms with Gasteiger partial charge in [-0.15, -0.1) is 5.10 Å². The van der Waals surface area contributed by atoms with Crippen LogP contribution in [0.5, 0.6) is 5.75 Å². The fourth-order valence-corrected chi connectivity index (χ4v) is 2.82. The van der Waals surface area contributed by atoms with Crippen LogP contribution in [-0.4, -0.2) is 33.0 Å². The number of carbonyl (C=O) groups excluding carboxylic acids is 1. The lowest BCUT2D eigenvalue weighted by molar-refractivity contribution is -0.139. The minimum absolute atomic E-state index is 0.0273. The van der Waals surface area contributed by atoms with E-state index in [1.54, 1.807) is 0 Å². The lowest BCUT2D eigenvalue weighted by Gasteiger charge is -2.12. The number of halogens is 4. The maximum Gasteiger partial charge on any atom is 0.437 e. The highest BCUT2D eigenvalue weighted by Crippen LogP contribution is 2.30. The summed E-state index contributed by atoms with van der Waals surface area (Å²) in [6, 6.07) is 6.81. The molecule has 1 amide bonds.